The van der Waals surface area contributed by atoms with E-state index in [1.54, 1.807) is 0 Å². The average molecular weight is 1220 g/mol. The fourth-order valence-corrected chi connectivity index (χ4v) is 16.3. The lowest BCUT2D eigenvalue weighted by atomic mass is 9.65. The van der Waals surface area contributed by atoms with Crippen molar-refractivity contribution in [2.24, 2.45) is 0 Å². The second-order valence-electron chi connectivity index (χ2n) is 25.3. The second kappa shape index (κ2) is 21.7. The maximum Gasteiger partial charge on any atom is 0.132 e. The highest BCUT2D eigenvalue weighted by Crippen LogP contribution is 2.65. The number of benzene rings is 14. The molecule has 5 heteroatoms. The first kappa shape index (κ1) is 54.9. The molecule has 96 heavy (non-hydrogen) atoms. The summed E-state index contributed by atoms with van der Waals surface area (Å²) in [6.07, 6.45) is 0. The monoisotopic (exact) mass is 1220 g/mol. The first-order valence-corrected chi connectivity index (χ1v) is 32.6. The summed E-state index contributed by atoms with van der Waals surface area (Å²) in [5.41, 5.74) is 30.6. The number of ether oxygens (including phenoxy) is 2. The fourth-order valence-electron chi connectivity index (χ4n) is 16.3. The molecule has 5 nitrogen and oxygen atoms in total. The van der Waals surface area contributed by atoms with E-state index in [4.69, 9.17) is 19.7 Å². The first-order valence-electron chi connectivity index (χ1n) is 32.6. The van der Waals surface area contributed by atoms with Crippen LogP contribution in [0, 0.1) is 11.3 Å². The van der Waals surface area contributed by atoms with Gasteiger partial charge in [-0.3, -0.25) is 0 Å². The Labute approximate surface area is 556 Å². The van der Waals surface area contributed by atoms with Crippen LogP contribution in [0.5, 0.6) is 23.0 Å². The summed E-state index contributed by atoms with van der Waals surface area (Å²) >= 11 is 0. The predicted octanol–water partition coefficient (Wildman–Crippen LogP) is 22.6. The predicted molar refractivity (Wildman–Crippen MR) is 385 cm³/mol. The van der Waals surface area contributed by atoms with Gasteiger partial charge in [0, 0.05) is 33.4 Å². The second-order valence-corrected chi connectivity index (χ2v) is 25.3. The van der Waals surface area contributed by atoms with Crippen molar-refractivity contribution in [3.63, 3.8) is 0 Å². The molecule has 19 rings (SSSR count). The molecule has 4 aliphatic rings. The summed E-state index contributed by atoms with van der Waals surface area (Å²) in [7, 11) is 0. The average Bonchev–Trinajstić information content (AvgIpc) is 1.47. The molecule has 0 radical (unpaired) electrons. The zero-order valence-corrected chi connectivity index (χ0v) is 51.9. The normalized spacial score (nSPS) is 14.3. The van der Waals surface area contributed by atoms with Gasteiger partial charge >= 0.3 is 0 Å². The molecule has 14 aromatic carbocycles. The minimum absolute atomic E-state index is 0.518. The van der Waals surface area contributed by atoms with Gasteiger partial charge in [-0.2, -0.15) is 5.26 Å². The summed E-state index contributed by atoms with van der Waals surface area (Å²) in [4.78, 5) is 0. The van der Waals surface area contributed by atoms with Crippen molar-refractivity contribution in [2.45, 2.75) is 10.8 Å². The van der Waals surface area contributed by atoms with Gasteiger partial charge in [-0.05, 0) is 172 Å². The molecule has 3 heterocycles. The third-order valence-corrected chi connectivity index (χ3v) is 20.5. The lowest BCUT2D eigenvalue weighted by Crippen LogP contribution is -2.32. The highest BCUT2D eigenvalue weighted by atomic mass is 16.5. The summed E-state index contributed by atoms with van der Waals surface area (Å²) in [6.45, 7) is 0. The van der Waals surface area contributed by atoms with Gasteiger partial charge in [0.1, 0.15) is 23.0 Å². The summed E-state index contributed by atoms with van der Waals surface area (Å²) in [5.74, 6) is 3.40. The van der Waals surface area contributed by atoms with Crippen LogP contribution in [0.25, 0.3) is 112 Å². The van der Waals surface area contributed by atoms with Crippen molar-refractivity contribution in [1.82, 2.24) is 10.2 Å². The third-order valence-electron chi connectivity index (χ3n) is 20.5. The number of nitrogens with zero attached hydrogens (tertiary/aromatic N) is 3. The highest BCUT2D eigenvalue weighted by molar-refractivity contribution is 5.96. The molecule has 0 saturated heterocycles. The molecule has 0 fully saturated rings. The maximum atomic E-state index is 9.57. The molecule has 2 aliphatic heterocycles. The van der Waals surface area contributed by atoms with Crippen molar-refractivity contribution >= 4 is 0 Å². The van der Waals surface area contributed by atoms with E-state index >= 15 is 0 Å². The summed E-state index contributed by atoms with van der Waals surface area (Å²) in [5, 5.41) is 19.3. The molecular weight excluding hydrogens is 1170 g/mol. The van der Waals surface area contributed by atoms with E-state index in [2.05, 4.69) is 315 Å². The Morgan fingerprint density at radius 1 is 0.219 bits per heavy atom. The smallest absolute Gasteiger partial charge is 0.132 e. The van der Waals surface area contributed by atoms with E-state index in [1.807, 2.05) is 24.3 Å². The van der Waals surface area contributed by atoms with Crippen LogP contribution in [0.3, 0.4) is 0 Å². The lowest BCUT2D eigenvalue weighted by molar-refractivity contribution is 0.436. The van der Waals surface area contributed by atoms with Crippen LogP contribution < -0.4 is 9.47 Å². The van der Waals surface area contributed by atoms with Gasteiger partial charge in [0.05, 0.1) is 33.9 Å². The molecule has 1 unspecified atom stereocenters. The molecule has 2 spiro atoms. The quantitative estimate of drug-likeness (QED) is 0.152. The van der Waals surface area contributed by atoms with Crippen molar-refractivity contribution in [3.05, 3.63) is 384 Å². The SMILES string of the molecule is N#Cc1ccc(-c2ccccc2-c2ccccc2-c2ccc3c(c2)Oc2ccccc2C32c3ccccc3-c3ccc(-c4ccc(-c5ccc(-c6cccc(-c7ccccc7-c7ccc8c(c7)Oc7ccccc7C87c8ccccc8-c8ccccc87)c6)nn5)cc4)cc32)cc1. The highest BCUT2D eigenvalue weighted by Gasteiger charge is 2.53. The van der Waals surface area contributed by atoms with Gasteiger partial charge in [-0.15, -0.1) is 10.2 Å². The van der Waals surface area contributed by atoms with E-state index in [1.165, 1.54) is 44.5 Å². The van der Waals surface area contributed by atoms with Crippen LogP contribution >= 0.6 is 0 Å². The topological polar surface area (TPSA) is 68.0 Å². The Morgan fingerprint density at radius 3 is 1.08 bits per heavy atom. The zero-order valence-electron chi connectivity index (χ0n) is 51.9. The van der Waals surface area contributed by atoms with Gasteiger partial charge in [0.15, 0.2) is 0 Å². The van der Waals surface area contributed by atoms with E-state index in [9.17, 15) is 5.26 Å². The van der Waals surface area contributed by atoms with Crippen LogP contribution in [-0.2, 0) is 10.8 Å². The molecule has 1 atom stereocenters. The first-order chi connectivity index (χ1) is 47.5. The van der Waals surface area contributed by atoms with E-state index in [0.717, 1.165) is 135 Å². The Bertz CT molecular complexity index is 5700. The summed E-state index contributed by atoms with van der Waals surface area (Å²) in [6, 6.07) is 122. The Kier molecular flexibility index (Phi) is 12.4. The van der Waals surface area contributed by atoms with Crippen LogP contribution in [0.2, 0.25) is 0 Å². The number of hydrogen-bond donors (Lipinski definition) is 0. The van der Waals surface area contributed by atoms with Crippen LogP contribution in [-0.4, -0.2) is 10.2 Å². The molecule has 446 valence electrons. The Balaban J connectivity index is 0.629. The number of nitriles is 1. The minimum atomic E-state index is -0.667. The van der Waals surface area contributed by atoms with Crippen molar-refractivity contribution in [3.8, 4) is 141 Å². The van der Waals surface area contributed by atoms with Crippen LogP contribution in [0.15, 0.2) is 334 Å². The lowest BCUT2D eigenvalue weighted by Gasteiger charge is -2.39. The zero-order chi connectivity index (χ0) is 63.5. The van der Waals surface area contributed by atoms with Crippen LogP contribution in [0.4, 0.5) is 0 Å². The standard InChI is InChI=1S/C91H55N3O2/c92-56-57-36-38-59(39-37-57)66-20-3-5-24-70(66)71-25-6-4-23-69(71)64-46-49-82-89(55-64)96-87-35-16-14-33-80(87)91(82)78-31-12-9-28-74(78)75-47-44-61(53-83(75)91)58-40-42-60(43-41-58)84-50-51-85(94-93-84)65-19-17-18-62(52-65)67-21-1-2-22-68(67)63-45-48-81-88(54-63)95-86-34-15-13-32-79(86)90(81)76-29-10-7-26-72(76)73-27-8-11-30-77(73)90/h1-55H. The molecule has 2 aliphatic carbocycles. The van der Waals surface area contributed by atoms with Gasteiger partial charge in [-0.25, -0.2) is 0 Å². The number of rotatable bonds is 8. The molecule has 0 saturated carbocycles. The van der Waals surface area contributed by atoms with Gasteiger partial charge in [-0.1, -0.05) is 273 Å². The number of aromatic nitrogens is 2. The largest absolute Gasteiger partial charge is 0.457 e. The Hall–Kier alpha value is -12.8. The van der Waals surface area contributed by atoms with Crippen LogP contribution in [0.1, 0.15) is 50.1 Å². The van der Waals surface area contributed by atoms with Gasteiger partial charge < -0.3 is 9.47 Å². The van der Waals surface area contributed by atoms with Gasteiger partial charge in [0.25, 0.3) is 0 Å². The van der Waals surface area contributed by atoms with E-state index in [0.29, 0.717) is 5.56 Å². The molecule has 0 N–H and O–H groups in total. The molecule has 15 aromatic rings. The molecule has 0 bridgehead atoms. The molecule has 1 aromatic heterocycles. The fraction of sp³-hybridized carbons (Fsp3) is 0.0220. The Morgan fingerprint density at radius 2 is 0.573 bits per heavy atom. The van der Waals surface area contributed by atoms with Gasteiger partial charge in [0.2, 0.25) is 0 Å². The number of para-hydroxylation sites is 2. The van der Waals surface area contributed by atoms with Crippen molar-refractivity contribution in [2.75, 3.05) is 0 Å². The minimum Gasteiger partial charge on any atom is -0.457 e. The molecular formula is C91H55N3O2. The van der Waals surface area contributed by atoms with E-state index < -0.39 is 10.8 Å². The number of fused-ring (bicyclic) bond motifs is 18. The maximum absolute atomic E-state index is 9.57. The number of hydrogen-bond acceptors (Lipinski definition) is 5. The third kappa shape index (κ3) is 8.22. The summed E-state index contributed by atoms with van der Waals surface area (Å²) < 4.78 is 14.0. The van der Waals surface area contributed by atoms with Crippen molar-refractivity contribution < 1.29 is 9.47 Å². The van der Waals surface area contributed by atoms with E-state index in [-0.39, 0.29) is 0 Å². The molecule has 0 amide bonds. The van der Waals surface area contributed by atoms with Crippen molar-refractivity contribution in [1.29, 1.82) is 5.26 Å².